The molecule has 144 valence electrons. The van der Waals surface area contributed by atoms with E-state index in [4.69, 9.17) is 4.74 Å². The van der Waals surface area contributed by atoms with Gasteiger partial charge < -0.3 is 10.1 Å². The van der Waals surface area contributed by atoms with Gasteiger partial charge in [-0.15, -0.1) is 0 Å². The average molecular weight is 367 g/mol. The van der Waals surface area contributed by atoms with E-state index in [0.717, 1.165) is 5.56 Å². The number of carbonyl (C=O) groups is 2. The second-order valence-corrected chi connectivity index (χ2v) is 6.87. The van der Waals surface area contributed by atoms with Gasteiger partial charge in [-0.3, -0.25) is 9.59 Å². The van der Waals surface area contributed by atoms with Gasteiger partial charge in [0, 0.05) is 13.0 Å². The largest absolute Gasteiger partial charge is 0.466 e. The fraction of sp³-hybridized carbons (Fsp3) is 0.391. The minimum absolute atomic E-state index is 0.0441. The highest BCUT2D eigenvalue weighted by Gasteiger charge is 2.21. The van der Waals surface area contributed by atoms with Crippen molar-refractivity contribution in [1.29, 1.82) is 0 Å². The lowest BCUT2D eigenvalue weighted by Crippen LogP contribution is -2.35. The van der Waals surface area contributed by atoms with E-state index in [0.29, 0.717) is 32.4 Å². The van der Waals surface area contributed by atoms with Gasteiger partial charge in [0.05, 0.1) is 12.5 Å². The molecule has 0 aliphatic carbocycles. The number of carbonyl (C=O) groups excluding carboxylic acids is 2. The molecule has 0 aliphatic rings. The summed E-state index contributed by atoms with van der Waals surface area (Å²) in [5.74, 6) is -0.689. The van der Waals surface area contributed by atoms with Gasteiger partial charge in [-0.1, -0.05) is 54.1 Å². The summed E-state index contributed by atoms with van der Waals surface area (Å²) in [6.07, 6.45) is 1.66. The van der Waals surface area contributed by atoms with Crippen LogP contribution in [0.4, 0.5) is 0 Å². The summed E-state index contributed by atoms with van der Waals surface area (Å²) in [6.45, 7) is 6.55. The number of benzene rings is 2. The Balaban J connectivity index is 1.88. The van der Waals surface area contributed by atoms with Crippen LogP contribution in [-0.2, 0) is 27.2 Å². The Morgan fingerprint density at radius 2 is 1.81 bits per heavy atom. The fourth-order valence-electron chi connectivity index (χ4n) is 3.10. The first kappa shape index (κ1) is 20.7. The molecule has 1 amide bonds. The zero-order chi connectivity index (χ0) is 19.6. The van der Waals surface area contributed by atoms with Crippen LogP contribution in [0.25, 0.3) is 0 Å². The van der Waals surface area contributed by atoms with Gasteiger partial charge in [0.25, 0.3) is 0 Å². The van der Waals surface area contributed by atoms with E-state index in [1.54, 1.807) is 6.92 Å². The van der Waals surface area contributed by atoms with Crippen molar-refractivity contribution < 1.29 is 14.3 Å². The van der Waals surface area contributed by atoms with E-state index in [9.17, 15) is 9.59 Å². The van der Waals surface area contributed by atoms with Crippen LogP contribution in [0.15, 0.2) is 48.5 Å². The van der Waals surface area contributed by atoms with E-state index in [-0.39, 0.29) is 17.8 Å². The molecule has 0 saturated carbocycles. The van der Waals surface area contributed by atoms with Crippen LogP contribution in [0.5, 0.6) is 0 Å². The predicted molar refractivity (Wildman–Crippen MR) is 108 cm³/mol. The van der Waals surface area contributed by atoms with Crippen LogP contribution >= 0.6 is 0 Å². The van der Waals surface area contributed by atoms with Crippen LogP contribution < -0.4 is 5.32 Å². The zero-order valence-electron chi connectivity index (χ0n) is 16.5. The number of amides is 1. The lowest BCUT2D eigenvalue weighted by Gasteiger charge is -2.16. The summed E-state index contributed by atoms with van der Waals surface area (Å²) < 4.78 is 5.17. The van der Waals surface area contributed by atoms with Crippen LogP contribution in [0.1, 0.15) is 35.6 Å². The second kappa shape index (κ2) is 10.5. The molecule has 0 radical (unpaired) electrons. The first-order valence-corrected chi connectivity index (χ1v) is 9.53. The molecule has 0 aromatic heterocycles. The Hall–Kier alpha value is -2.62. The lowest BCUT2D eigenvalue weighted by atomic mass is 9.99. The van der Waals surface area contributed by atoms with E-state index < -0.39 is 0 Å². The van der Waals surface area contributed by atoms with Crippen LogP contribution in [0, 0.1) is 19.8 Å². The maximum absolute atomic E-state index is 12.3. The average Bonchev–Trinajstić information content (AvgIpc) is 2.65. The Bertz CT molecular complexity index is 755. The molecule has 4 nitrogen and oxygen atoms in total. The van der Waals surface area contributed by atoms with Gasteiger partial charge in [-0.25, -0.2) is 0 Å². The summed E-state index contributed by atoms with van der Waals surface area (Å²) in [6, 6.07) is 16.1. The molecular formula is C23H29NO3. The van der Waals surface area contributed by atoms with Gasteiger partial charge in [-0.2, -0.15) is 0 Å². The molecule has 2 aromatic carbocycles. The predicted octanol–water partition coefficient (Wildman–Crippen LogP) is 3.77. The minimum Gasteiger partial charge on any atom is -0.466 e. The third kappa shape index (κ3) is 6.89. The van der Waals surface area contributed by atoms with Gasteiger partial charge >= 0.3 is 5.97 Å². The van der Waals surface area contributed by atoms with Crippen LogP contribution in [0.3, 0.4) is 0 Å². The summed E-state index contributed by atoms with van der Waals surface area (Å²) in [4.78, 5) is 24.5. The Morgan fingerprint density at radius 1 is 1.07 bits per heavy atom. The Labute approximate surface area is 161 Å². The summed E-state index contributed by atoms with van der Waals surface area (Å²) in [5, 5.41) is 2.90. The van der Waals surface area contributed by atoms with Gasteiger partial charge in [0.15, 0.2) is 0 Å². The molecule has 1 atom stereocenters. The van der Waals surface area contributed by atoms with Gasteiger partial charge in [0.2, 0.25) is 5.91 Å². The molecule has 0 heterocycles. The minimum atomic E-state index is -0.377. The number of ether oxygens (including phenoxy) is 1. The zero-order valence-corrected chi connectivity index (χ0v) is 16.5. The number of hydrogen-bond acceptors (Lipinski definition) is 3. The number of aryl methyl sites for hydroxylation is 3. The van der Waals surface area contributed by atoms with Gasteiger partial charge in [-0.05, 0) is 50.3 Å². The summed E-state index contributed by atoms with van der Waals surface area (Å²) in [7, 11) is 0. The van der Waals surface area contributed by atoms with Crippen molar-refractivity contribution >= 4 is 11.9 Å². The van der Waals surface area contributed by atoms with E-state index >= 15 is 0 Å². The molecule has 1 unspecified atom stereocenters. The van der Waals surface area contributed by atoms with E-state index in [2.05, 4.69) is 37.4 Å². The Kier molecular flexibility index (Phi) is 8.05. The van der Waals surface area contributed by atoms with Crippen molar-refractivity contribution in [2.75, 3.05) is 13.2 Å². The Morgan fingerprint density at radius 3 is 2.48 bits per heavy atom. The third-order valence-electron chi connectivity index (χ3n) is 4.61. The molecule has 4 heteroatoms. The topological polar surface area (TPSA) is 55.4 Å². The highest BCUT2D eigenvalue weighted by atomic mass is 16.5. The molecule has 0 saturated heterocycles. The molecule has 27 heavy (non-hydrogen) atoms. The van der Waals surface area contributed by atoms with E-state index in [1.165, 1.54) is 16.7 Å². The van der Waals surface area contributed by atoms with Crippen LogP contribution in [0.2, 0.25) is 0 Å². The standard InChI is InChI=1S/C23H29NO3/c1-4-27-23(26)21(15-19-8-6-5-7-9-19)16-24-22(25)13-12-20-11-10-17(2)14-18(20)3/h5-11,14,21H,4,12-13,15-16H2,1-3H3,(H,24,25). The summed E-state index contributed by atoms with van der Waals surface area (Å²) >= 11 is 0. The van der Waals surface area contributed by atoms with Crippen LogP contribution in [-0.4, -0.2) is 25.0 Å². The maximum atomic E-state index is 12.3. The first-order chi connectivity index (χ1) is 13.0. The SMILES string of the molecule is CCOC(=O)C(CNC(=O)CCc1ccc(C)cc1C)Cc1ccccc1. The molecule has 0 fully saturated rings. The normalized spacial score (nSPS) is 11.7. The number of hydrogen-bond donors (Lipinski definition) is 1. The third-order valence-corrected chi connectivity index (χ3v) is 4.61. The second-order valence-electron chi connectivity index (χ2n) is 6.87. The van der Waals surface area contributed by atoms with Crippen molar-refractivity contribution in [2.45, 2.75) is 40.0 Å². The van der Waals surface area contributed by atoms with Crippen molar-refractivity contribution in [2.24, 2.45) is 5.92 Å². The number of nitrogens with one attached hydrogen (secondary N) is 1. The van der Waals surface area contributed by atoms with Crippen molar-refractivity contribution in [3.63, 3.8) is 0 Å². The maximum Gasteiger partial charge on any atom is 0.311 e. The molecule has 2 rings (SSSR count). The fourth-order valence-corrected chi connectivity index (χ4v) is 3.10. The van der Waals surface area contributed by atoms with Crippen molar-refractivity contribution in [1.82, 2.24) is 5.32 Å². The summed E-state index contributed by atoms with van der Waals surface area (Å²) in [5.41, 5.74) is 4.66. The number of rotatable bonds is 9. The molecule has 0 aliphatic heterocycles. The van der Waals surface area contributed by atoms with Crippen molar-refractivity contribution in [3.05, 3.63) is 70.8 Å². The molecule has 2 aromatic rings. The van der Waals surface area contributed by atoms with Gasteiger partial charge in [0.1, 0.15) is 0 Å². The highest BCUT2D eigenvalue weighted by molar-refractivity contribution is 5.78. The quantitative estimate of drug-likeness (QED) is 0.686. The monoisotopic (exact) mass is 367 g/mol. The number of esters is 1. The first-order valence-electron chi connectivity index (χ1n) is 9.53. The smallest absolute Gasteiger partial charge is 0.311 e. The molecule has 0 bridgehead atoms. The van der Waals surface area contributed by atoms with E-state index in [1.807, 2.05) is 30.3 Å². The molecular weight excluding hydrogens is 338 g/mol. The lowest BCUT2D eigenvalue weighted by molar-refractivity contribution is -0.147. The van der Waals surface area contributed by atoms with Crippen molar-refractivity contribution in [3.8, 4) is 0 Å². The highest BCUT2D eigenvalue weighted by Crippen LogP contribution is 2.13. The molecule has 0 spiro atoms. The molecule has 1 N–H and O–H groups in total.